The van der Waals surface area contributed by atoms with Crippen LogP contribution in [0.2, 0.25) is 0 Å². The van der Waals surface area contributed by atoms with Crippen molar-refractivity contribution in [1.29, 1.82) is 0 Å². The molecule has 0 saturated carbocycles. The number of benzene rings is 3. The van der Waals surface area contributed by atoms with Gasteiger partial charge < -0.3 is 15.0 Å². The molecule has 0 fully saturated rings. The summed E-state index contributed by atoms with van der Waals surface area (Å²) in [6, 6.07) is 22.6. The molecule has 0 aliphatic heterocycles. The predicted molar refractivity (Wildman–Crippen MR) is 145 cm³/mol. The molecule has 0 aliphatic carbocycles. The van der Waals surface area contributed by atoms with Gasteiger partial charge in [-0.1, -0.05) is 87.5 Å². The number of nitrogens with zero attached hydrogens (tertiary/aromatic N) is 1. The molecule has 3 rings (SSSR count). The summed E-state index contributed by atoms with van der Waals surface area (Å²) in [5, 5.41) is 3.02. The highest BCUT2D eigenvalue weighted by molar-refractivity contribution is 5.88. The van der Waals surface area contributed by atoms with E-state index in [9.17, 15) is 14.0 Å². The van der Waals surface area contributed by atoms with E-state index in [1.807, 2.05) is 68.4 Å². The molecular weight excluding hydrogens is 467 g/mol. The second-order valence-corrected chi connectivity index (χ2v) is 9.62. The van der Waals surface area contributed by atoms with Crippen LogP contribution in [-0.4, -0.2) is 35.4 Å². The summed E-state index contributed by atoms with van der Waals surface area (Å²) in [6.45, 7) is 7.71. The van der Waals surface area contributed by atoms with Gasteiger partial charge in [0.25, 0.3) is 5.91 Å². The standard InChI is InChI=1S/C31H37FN2O3/c1-5-23(4)33-31(36)28(19-24-13-7-6-8-14-24)34(20-25-15-9-11-17-27(25)32)30(35)21-37-29-18-12-10-16-26(29)22(2)3/h6-18,22-23,28H,5,19-21H2,1-4H3,(H,33,36). The van der Waals surface area contributed by atoms with Crippen molar-refractivity contribution >= 4 is 11.8 Å². The van der Waals surface area contributed by atoms with Gasteiger partial charge in [-0.2, -0.15) is 0 Å². The number of carbonyl (C=O) groups is 2. The molecule has 1 N–H and O–H groups in total. The van der Waals surface area contributed by atoms with E-state index in [2.05, 4.69) is 19.2 Å². The lowest BCUT2D eigenvalue weighted by Gasteiger charge is -2.32. The van der Waals surface area contributed by atoms with Crippen LogP contribution in [0, 0.1) is 5.82 Å². The second kappa shape index (κ2) is 13.6. The van der Waals surface area contributed by atoms with Crippen LogP contribution in [0.25, 0.3) is 0 Å². The molecule has 0 heterocycles. The SMILES string of the molecule is CCC(C)NC(=O)C(Cc1ccccc1)N(Cc1ccccc1F)C(=O)COc1ccccc1C(C)C. The monoisotopic (exact) mass is 504 g/mol. The van der Waals surface area contributed by atoms with E-state index in [1.165, 1.54) is 11.0 Å². The number of para-hydroxylation sites is 1. The maximum absolute atomic E-state index is 14.7. The van der Waals surface area contributed by atoms with Gasteiger partial charge in [-0.15, -0.1) is 0 Å². The van der Waals surface area contributed by atoms with E-state index in [-0.39, 0.29) is 36.9 Å². The molecule has 196 valence electrons. The number of carbonyl (C=O) groups excluding carboxylic acids is 2. The number of halogens is 1. The summed E-state index contributed by atoms with van der Waals surface area (Å²) in [5.74, 6) is -0.243. The Morgan fingerprint density at radius 3 is 2.24 bits per heavy atom. The molecule has 0 saturated heterocycles. The lowest BCUT2D eigenvalue weighted by molar-refractivity contribution is -0.143. The molecule has 2 unspecified atom stereocenters. The first-order valence-corrected chi connectivity index (χ1v) is 12.9. The van der Waals surface area contributed by atoms with Crippen molar-refractivity contribution in [3.05, 3.63) is 101 Å². The minimum absolute atomic E-state index is 0.0495. The van der Waals surface area contributed by atoms with Crippen molar-refractivity contribution in [2.75, 3.05) is 6.61 Å². The minimum atomic E-state index is -0.840. The van der Waals surface area contributed by atoms with Crippen molar-refractivity contribution in [2.24, 2.45) is 0 Å². The molecular formula is C31H37FN2O3. The molecule has 6 heteroatoms. The van der Waals surface area contributed by atoms with E-state index in [1.54, 1.807) is 18.2 Å². The third kappa shape index (κ3) is 7.91. The first-order chi connectivity index (χ1) is 17.8. The highest BCUT2D eigenvalue weighted by Gasteiger charge is 2.32. The normalized spacial score (nSPS) is 12.6. The molecule has 0 aliphatic rings. The highest BCUT2D eigenvalue weighted by Crippen LogP contribution is 2.26. The molecule has 0 aromatic heterocycles. The van der Waals surface area contributed by atoms with Crippen molar-refractivity contribution in [1.82, 2.24) is 10.2 Å². The summed E-state index contributed by atoms with van der Waals surface area (Å²) in [6.07, 6.45) is 1.05. The summed E-state index contributed by atoms with van der Waals surface area (Å²) in [5.41, 5.74) is 2.24. The number of hydrogen-bond acceptors (Lipinski definition) is 3. The fourth-order valence-corrected chi connectivity index (χ4v) is 4.12. The van der Waals surface area contributed by atoms with Gasteiger partial charge in [0.05, 0.1) is 0 Å². The quantitative estimate of drug-likeness (QED) is 0.335. The van der Waals surface area contributed by atoms with Crippen LogP contribution < -0.4 is 10.1 Å². The van der Waals surface area contributed by atoms with Gasteiger partial charge in [0.2, 0.25) is 5.91 Å². The number of ether oxygens (including phenoxy) is 1. The molecule has 37 heavy (non-hydrogen) atoms. The Hall–Kier alpha value is -3.67. The third-order valence-electron chi connectivity index (χ3n) is 6.46. The van der Waals surface area contributed by atoms with Crippen LogP contribution in [0.3, 0.4) is 0 Å². The Morgan fingerprint density at radius 1 is 0.919 bits per heavy atom. The molecule has 5 nitrogen and oxygen atoms in total. The number of nitrogens with one attached hydrogen (secondary N) is 1. The fraction of sp³-hybridized carbons (Fsp3) is 0.355. The first-order valence-electron chi connectivity index (χ1n) is 12.9. The Morgan fingerprint density at radius 2 is 1.57 bits per heavy atom. The largest absolute Gasteiger partial charge is 0.483 e. The van der Waals surface area contributed by atoms with Crippen LogP contribution in [0.5, 0.6) is 5.75 Å². The van der Waals surface area contributed by atoms with Crippen LogP contribution >= 0.6 is 0 Å². The second-order valence-electron chi connectivity index (χ2n) is 9.62. The fourth-order valence-electron chi connectivity index (χ4n) is 4.12. The summed E-state index contributed by atoms with van der Waals surface area (Å²) in [7, 11) is 0. The summed E-state index contributed by atoms with van der Waals surface area (Å²) >= 11 is 0. The van der Waals surface area contributed by atoms with E-state index >= 15 is 0 Å². The van der Waals surface area contributed by atoms with E-state index in [4.69, 9.17) is 4.74 Å². The molecule has 0 radical (unpaired) electrons. The summed E-state index contributed by atoms with van der Waals surface area (Å²) < 4.78 is 20.7. The maximum atomic E-state index is 14.7. The van der Waals surface area contributed by atoms with E-state index in [0.717, 1.165) is 17.5 Å². The molecule has 3 aromatic rings. The molecule has 0 bridgehead atoms. The van der Waals surface area contributed by atoms with E-state index < -0.39 is 11.9 Å². The Balaban J connectivity index is 1.95. The maximum Gasteiger partial charge on any atom is 0.261 e. The number of hydrogen-bond donors (Lipinski definition) is 1. The highest BCUT2D eigenvalue weighted by atomic mass is 19.1. The first kappa shape index (κ1) is 27.9. The van der Waals surface area contributed by atoms with Crippen LogP contribution in [0.15, 0.2) is 78.9 Å². The Labute approximate surface area is 219 Å². The zero-order valence-corrected chi connectivity index (χ0v) is 22.1. The number of rotatable bonds is 12. The average Bonchev–Trinajstić information content (AvgIpc) is 2.90. The lowest BCUT2D eigenvalue weighted by atomic mass is 10.0. The predicted octanol–water partition coefficient (Wildman–Crippen LogP) is 5.88. The van der Waals surface area contributed by atoms with Crippen molar-refractivity contribution < 1.29 is 18.7 Å². The van der Waals surface area contributed by atoms with E-state index in [0.29, 0.717) is 17.7 Å². The Bertz CT molecular complexity index is 1170. The van der Waals surface area contributed by atoms with Crippen LogP contribution in [0.4, 0.5) is 4.39 Å². The van der Waals surface area contributed by atoms with Crippen molar-refractivity contribution in [2.45, 2.75) is 65.1 Å². The molecule has 0 spiro atoms. The lowest BCUT2D eigenvalue weighted by Crippen LogP contribution is -2.53. The molecule has 2 atom stereocenters. The van der Waals surface area contributed by atoms with Crippen molar-refractivity contribution in [3.8, 4) is 5.75 Å². The van der Waals surface area contributed by atoms with Gasteiger partial charge in [0.15, 0.2) is 6.61 Å². The van der Waals surface area contributed by atoms with Gasteiger partial charge in [0, 0.05) is 24.6 Å². The van der Waals surface area contributed by atoms with Gasteiger partial charge >= 0.3 is 0 Å². The molecule has 2 amide bonds. The van der Waals surface area contributed by atoms with Gasteiger partial charge in [0.1, 0.15) is 17.6 Å². The zero-order chi connectivity index (χ0) is 26.8. The van der Waals surface area contributed by atoms with Gasteiger partial charge in [-0.05, 0) is 42.5 Å². The average molecular weight is 505 g/mol. The van der Waals surface area contributed by atoms with Gasteiger partial charge in [-0.25, -0.2) is 4.39 Å². The molecule has 3 aromatic carbocycles. The number of amides is 2. The summed E-state index contributed by atoms with van der Waals surface area (Å²) in [4.78, 5) is 28.7. The minimum Gasteiger partial charge on any atom is -0.483 e. The Kier molecular flexibility index (Phi) is 10.2. The van der Waals surface area contributed by atoms with Crippen LogP contribution in [0.1, 0.15) is 56.7 Å². The third-order valence-corrected chi connectivity index (χ3v) is 6.46. The topological polar surface area (TPSA) is 58.6 Å². The van der Waals surface area contributed by atoms with Crippen molar-refractivity contribution in [3.63, 3.8) is 0 Å². The van der Waals surface area contributed by atoms with Crippen LogP contribution in [-0.2, 0) is 22.6 Å². The smallest absolute Gasteiger partial charge is 0.261 e. The van der Waals surface area contributed by atoms with Gasteiger partial charge in [-0.3, -0.25) is 9.59 Å². The zero-order valence-electron chi connectivity index (χ0n) is 22.1.